The van der Waals surface area contributed by atoms with Gasteiger partial charge in [-0.25, -0.2) is 28.3 Å². The predicted molar refractivity (Wildman–Crippen MR) is 472 cm³/mol. The van der Waals surface area contributed by atoms with Gasteiger partial charge < -0.3 is 81.3 Å². The first kappa shape index (κ1) is 93.5. The number of ether oxygens (including phenoxy) is 1. The molecule has 0 bridgehead atoms. The largest absolute Gasteiger partial charge is 1.00 e. The molecule has 4 aromatic carbocycles. The molecule has 620 valence electrons. The summed E-state index contributed by atoms with van der Waals surface area (Å²) in [5.74, 6) is -0.141. The zero-order valence-corrected chi connectivity index (χ0v) is 73.3. The molecule has 1 amide bonds. The van der Waals surface area contributed by atoms with E-state index >= 15 is 0 Å². The lowest BCUT2D eigenvalue weighted by molar-refractivity contribution is -0.698. The topological polar surface area (TPSA) is 205 Å². The van der Waals surface area contributed by atoms with Crippen molar-refractivity contribution in [3.05, 3.63) is 281 Å². The van der Waals surface area contributed by atoms with Crippen LogP contribution in [0, 0.1) is 0 Å². The van der Waals surface area contributed by atoms with Crippen molar-refractivity contribution < 1.29 is 84.2 Å². The third-order valence-electron chi connectivity index (χ3n) is 19.9. The monoisotopic (exact) mass is 1730 g/mol. The molecule has 0 unspecified atom stereocenters. The van der Waals surface area contributed by atoms with Crippen LogP contribution in [0.2, 0.25) is 0 Å². The quantitative estimate of drug-likeness (QED) is 0.0237. The molecule has 20 nitrogen and oxygen atoms in total. The lowest BCUT2D eigenvalue weighted by Gasteiger charge is -2.20. The van der Waals surface area contributed by atoms with Gasteiger partial charge in [-0.3, -0.25) is 9.59 Å². The van der Waals surface area contributed by atoms with Crippen molar-refractivity contribution in [2.45, 2.75) is 135 Å². The average molecular weight is 1730 g/mol. The fraction of sp³-hybridized carbons (Fsp3) is 0.312. The van der Waals surface area contributed by atoms with Crippen LogP contribution in [0.1, 0.15) is 154 Å². The van der Waals surface area contributed by atoms with E-state index in [-0.39, 0.29) is 68.3 Å². The summed E-state index contributed by atoms with van der Waals surface area (Å²) in [6.07, 6.45) is 29.8. The lowest BCUT2D eigenvalue weighted by Crippen LogP contribution is -3.00. The van der Waals surface area contributed by atoms with Crippen molar-refractivity contribution in [2.75, 3.05) is 85.1 Å². The van der Waals surface area contributed by atoms with Gasteiger partial charge in [0.2, 0.25) is 17.3 Å². The number of fused-ring (bicyclic) bond motifs is 4. The number of hydrogen-bond acceptors (Lipinski definition) is 15. The molecule has 22 heteroatoms. The number of halogens is 2. The molecule has 0 atom stereocenters. The molecule has 12 rings (SSSR count). The molecule has 0 radical (unpaired) electrons. The van der Waals surface area contributed by atoms with Crippen LogP contribution in [-0.2, 0) is 40.5 Å². The second-order valence-corrected chi connectivity index (χ2v) is 27.5. The van der Waals surface area contributed by atoms with Crippen molar-refractivity contribution in [3.63, 3.8) is 0 Å². The van der Waals surface area contributed by atoms with Gasteiger partial charge in [-0.2, -0.15) is 9.13 Å². The Morgan fingerprint density at radius 2 is 0.669 bits per heavy atom. The van der Waals surface area contributed by atoms with Gasteiger partial charge in [0, 0.05) is 207 Å². The molecular weight excluding hydrogens is 1610 g/mol. The number of rotatable bonds is 32. The number of hydrogen-bond donors (Lipinski definition) is 1. The highest BCUT2D eigenvalue weighted by Gasteiger charge is 2.16. The molecule has 8 heterocycles. The Morgan fingerprint density at radius 3 is 0.966 bits per heavy atom. The summed E-state index contributed by atoms with van der Waals surface area (Å²) in [5.41, 5.74) is 11.6. The highest BCUT2D eigenvalue weighted by Crippen LogP contribution is 2.27. The molecule has 0 aliphatic rings. The third-order valence-corrected chi connectivity index (χ3v) is 19.9. The molecule has 0 aliphatic carbocycles. The Bertz CT molecular complexity index is 5280. The van der Waals surface area contributed by atoms with E-state index in [0.29, 0.717) is 83.7 Å². The molecular formula is C96H113Br2N9O11+2. The fourth-order valence-electron chi connectivity index (χ4n) is 13.2. The summed E-state index contributed by atoms with van der Waals surface area (Å²) >= 11 is 0. The number of carbonyl (C=O) groups excluding carboxylic acids is 2. The van der Waals surface area contributed by atoms with E-state index in [1.165, 1.54) is 0 Å². The van der Waals surface area contributed by atoms with Gasteiger partial charge in [0.15, 0.2) is 56.9 Å². The number of anilines is 4. The Labute approximate surface area is 713 Å². The van der Waals surface area contributed by atoms with Crippen molar-refractivity contribution in [1.29, 1.82) is 0 Å². The number of carbonyl (C=O) groups is 2. The molecule has 0 fully saturated rings. The van der Waals surface area contributed by atoms with Crippen LogP contribution in [0.25, 0.3) is 92.5 Å². The summed E-state index contributed by atoms with van der Waals surface area (Å²) in [5, 5.41) is 6.51. The van der Waals surface area contributed by atoms with Gasteiger partial charge in [-0.1, -0.05) is 39.8 Å². The zero-order valence-electron chi connectivity index (χ0n) is 70.1. The minimum atomic E-state index is -0.357. The van der Waals surface area contributed by atoms with E-state index < -0.39 is 0 Å². The number of pyridine rings is 4. The Morgan fingerprint density at radius 1 is 0.356 bits per heavy atom. The van der Waals surface area contributed by atoms with Crippen LogP contribution in [0.5, 0.6) is 0 Å². The Hall–Kier alpha value is -11.6. The van der Waals surface area contributed by atoms with Gasteiger partial charge in [-0.05, 0) is 176 Å². The first-order chi connectivity index (χ1) is 56.4. The maximum Gasteiger partial charge on any atom is 0.343 e. The SMILES string of the molecule is CCC(=O)NCC[n+]1ccc(/C=C/c2cc3ccc(N(CC)CC)cc3oc2=O)cc1.CCC(=O)OCC[n+]1ccc(/C=C/c2cc3ccc(N(CC)CC)cc3oc2=O)cc1.CCC[n+]1ccccc1/C=C/c1cc2ccc(N(CC)CC)cc2oc1=O.CCC[n+]1ccccc1/C=C/c1cc2ccc(N(CC)CC)cc2oc1=O.[Br-].[Br-]. The number of aryl methyl sites for hydroxylation is 2. The molecule has 0 aliphatic heterocycles. The number of benzene rings is 4. The van der Waals surface area contributed by atoms with Crippen LogP contribution in [0.3, 0.4) is 0 Å². The minimum absolute atomic E-state index is 0. The van der Waals surface area contributed by atoms with E-state index in [4.69, 9.17) is 22.4 Å². The molecule has 118 heavy (non-hydrogen) atoms. The number of amides is 1. The highest BCUT2D eigenvalue weighted by molar-refractivity contribution is 5.87. The maximum atomic E-state index is 12.5. The van der Waals surface area contributed by atoms with Crippen LogP contribution in [-0.4, -0.2) is 77.4 Å². The van der Waals surface area contributed by atoms with Crippen molar-refractivity contribution in [3.8, 4) is 0 Å². The van der Waals surface area contributed by atoms with E-state index in [1.54, 1.807) is 19.1 Å². The number of aromatic nitrogens is 4. The smallest absolute Gasteiger partial charge is 0.343 e. The van der Waals surface area contributed by atoms with Gasteiger partial charge in [-0.15, -0.1) is 0 Å². The minimum Gasteiger partial charge on any atom is -1.00 e. The fourth-order valence-corrected chi connectivity index (χ4v) is 13.2. The maximum absolute atomic E-state index is 12.5. The summed E-state index contributed by atoms with van der Waals surface area (Å²) < 4.78 is 35.7. The van der Waals surface area contributed by atoms with Crippen LogP contribution in [0.15, 0.2) is 232 Å². The third kappa shape index (κ3) is 26.7. The van der Waals surface area contributed by atoms with Crippen LogP contribution >= 0.6 is 0 Å². The second kappa shape index (κ2) is 48.2. The van der Waals surface area contributed by atoms with Crippen molar-refractivity contribution in [2.24, 2.45) is 0 Å². The summed E-state index contributed by atoms with van der Waals surface area (Å²) in [6, 6.07) is 51.5. The average Bonchev–Trinajstić information content (AvgIpc) is 0.818. The molecule has 0 saturated carbocycles. The lowest BCUT2D eigenvalue weighted by atomic mass is 10.1. The molecule has 0 spiro atoms. The Kier molecular flexibility index (Phi) is 38.2. The second-order valence-electron chi connectivity index (χ2n) is 27.5. The number of nitrogens with zero attached hydrogens (tertiary/aromatic N) is 8. The molecule has 1 N–H and O–H groups in total. The number of nitrogens with one attached hydrogen (secondary N) is 1. The van der Waals surface area contributed by atoms with E-state index in [1.807, 2.05) is 211 Å². The first-order valence-electron chi connectivity index (χ1n) is 40.8. The molecule has 0 saturated heterocycles. The van der Waals surface area contributed by atoms with Crippen molar-refractivity contribution >= 4 is 127 Å². The van der Waals surface area contributed by atoms with Gasteiger partial charge in [0.1, 0.15) is 35.4 Å². The molecule has 12 aromatic rings. The van der Waals surface area contributed by atoms with Gasteiger partial charge >= 0.3 is 28.5 Å². The predicted octanol–water partition coefficient (Wildman–Crippen LogP) is 10.7. The standard InChI is InChI=1S/C25H29N3O3.C25H29N2O4.2C23H27N2O2.2BrH/c1-4-24(29)26-13-16-27-14-11-19(12-15-27)7-8-21-17-20-9-10-22(28(5-2)6-3)18-23(20)31-25(21)30;1-4-24(28)30-16-15-26-13-11-19(12-14-26)7-8-21-17-20-9-10-22(27(5-2)6-3)18-23(20)31-25(21)29;2*1-4-14-25-15-8-7-9-20(25)12-11-19-16-18-10-13-21(24(5-2)6-3)17-22(18)27-23(19)26;;/h7-12,14-15,17-18H,4-6,13,16H2,1-3H3;7-14,17-18H,4-6,15-16H2,1-3H3;2*7-13,15-17H,4-6,14H2,1-3H3;2*1H/q;3*+1;;/p-1. The summed E-state index contributed by atoms with van der Waals surface area (Å²) in [4.78, 5) is 81.2. The first-order valence-corrected chi connectivity index (χ1v) is 40.8. The highest BCUT2D eigenvalue weighted by atomic mass is 79.9. The van der Waals surface area contributed by atoms with Gasteiger partial charge in [0.05, 0.1) is 28.8 Å². The van der Waals surface area contributed by atoms with Gasteiger partial charge in [0.25, 0.3) is 0 Å². The number of esters is 1. The summed E-state index contributed by atoms with van der Waals surface area (Å²) in [6.45, 7) is 36.2. The summed E-state index contributed by atoms with van der Waals surface area (Å²) in [7, 11) is 0. The normalized spacial score (nSPS) is 11.1. The Balaban J connectivity index is 0.000000216. The van der Waals surface area contributed by atoms with Crippen LogP contribution in [0.4, 0.5) is 22.7 Å². The van der Waals surface area contributed by atoms with E-state index in [2.05, 4.69) is 140 Å². The van der Waals surface area contributed by atoms with Crippen LogP contribution < -0.4 is 99.7 Å². The van der Waals surface area contributed by atoms with Crippen molar-refractivity contribution in [1.82, 2.24) is 5.32 Å². The molecule has 8 aromatic heterocycles. The van der Waals surface area contributed by atoms with E-state index in [0.717, 1.165) is 145 Å². The van der Waals surface area contributed by atoms with E-state index in [9.17, 15) is 28.8 Å². The zero-order chi connectivity index (χ0) is 82.9.